The zero-order valence-electron chi connectivity index (χ0n) is 11.8. The van der Waals surface area contributed by atoms with E-state index >= 15 is 0 Å². The highest BCUT2D eigenvalue weighted by Crippen LogP contribution is 2.27. The van der Waals surface area contributed by atoms with Crippen LogP contribution in [0.4, 0.5) is 13.2 Å². The molecule has 2 atom stereocenters. The first-order valence-electron chi connectivity index (χ1n) is 7.07. The number of likely N-dealkylation sites (tertiary alicyclic amines) is 2. The summed E-state index contributed by atoms with van der Waals surface area (Å²) in [6, 6.07) is -0.951. The molecule has 2 saturated heterocycles. The maximum absolute atomic E-state index is 12.4. The van der Waals surface area contributed by atoms with Gasteiger partial charge in [-0.15, -0.1) is 0 Å². The fourth-order valence-corrected chi connectivity index (χ4v) is 2.99. The zero-order valence-corrected chi connectivity index (χ0v) is 11.8. The number of hydrogen-bond acceptors (Lipinski definition) is 3. The van der Waals surface area contributed by atoms with Gasteiger partial charge in [0.2, 0.25) is 11.8 Å². The van der Waals surface area contributed by atoms with Crippen LogP contribution in [0.5, 0.6) is 0 Å². The molecule has 0 spiro atoms. The highest BCUT2D eigenvalue weighted by atomic mass is 19.4. The first-order chi connectivity index (χ1) is 10.2. The normalized spacial score (nSPS) is 26.4. The molecule has 0 radical (unpaired) electrons. The Kier molecular flexibility index (Phi) is 4.62. The van der Waals surface area contributed by atoms with E-state index in [1.165, 1.54) is 4.90 Å². The van der Waals surface area contributed by atoms with Crippen molar-refractivity contribution in [1.82, 2.24) is 9.80 Å². The van der Waals surface area contributed by atoms with Crippen LogP contribution in [0, 0.1) is 5.92 Å². The van der Waals surface area contributed by atoms with Gasteiger partial charge in [0.15, 0.2) is 0 Å². The number of carbonyl (C=O) groups excluding carboxylic acids is 2. The number of carboxylic acids is 1. The number of amides is 2. The second-order valence-corrected chi connectivity index (χ2v) is 5.67. The summed E-state index contributed by atoms with van der Waals surface area (Å²) in [5.41, 5.74) is 0. The molecule has 2 amide bonds. The molecular weight excluding hydrogens is 305 g/mol. The van der Waals surface area contributed by atoms with Crippen molar-refractivity contribution in [3.05, 3.63) is 0 Å². The Labute approximate surface area is 124 Å². The molecule has 0 aromatic rings. The molecule has 2 rings (SSSR count). The van der Waals surface area contributed by atoms with Crippen LogP contribution in [0.2, 0.25) is 0 Å². The predicted molar refractivity (Wildman–Crippen MR) is 67.7 cm³/mol. The summed E-state index contributed by atoms with van der Waals surface area (Å²) < 4.78 is 37.1. The van der Waals surface area contributed by atoms with Crippen LogP contribution in [0.1, 0.15) is 25.7 Å². The summed E-state index contributed by atoms with van der Waals surface area (Å²) in [5, 5.41) is 9.14. The summed E-state index contributed by atoms with van der Waals surface area (Å²) in [6.07, 6.45) is -3.14. The van der Waals surface area contributed by atoms with Gasteiger partial charge in [0.25, 0.3) is 0 Å². The number of halogens is 3. The minimum absolute atomic E-state index is 0.264. The molecule has 124 valence electrons. The Morgan fingerprint density at radius 1 is 1.27 bits per heavy atom. The lowest BCUT2D eigenvalue weighted by molar-refractivity contribution is -0.158. The highest BCUT2D eigenvalue weighted by molar-refractivity contribution is 5.91. The van der Waals surface area contributed by atoms with Crippen LogP contribution in [0.15, 0.2) is 0 Å². The molecule has 2 fully saturated rings. The summed E-state index contributed by atoms with van der Waals surface area (Å²) >= 11 is 0. The van der Waals surface area contributed by atoms with Gasteiger partial charge in [0.05, 0.1) is 5.92 Å². The molecule has 0 aliphatic carbocycles. The van der Waals surface area contributed by atoms with Gasteiger partial charge in [0.1, 0.15) is 12.6 Å². The molecule has 0 aromatic heterocycles. The summed E-state index contributed by atoms with van der Waals surface area (Å²) in [4.78, 5) is 37.0. The quantitative estimate of drug-likeness (QED) is 0.836. The van der Waals surface area contributed by atoms with Gasteiger partial charge in [-0.05, 0) is 19.3 Å². The van der Waals surface area contributed by atoms with E-state index < -0.39 is 42.5 Å². The number of rotatable bonds is 3. The van der Waals surface area contributed by atoms with Gasteiger partial charge in [-0.1, -0.05) is 0 Å². The van der Waals surface area contributed by atoms with Crippen molar-refractivity contribution < 1.29 is 32.7 Å². The fraction of sp³-hybridized carbons (Fsp3) is 0.769. The third-order valence-electron chi connectivity index (χ3n) is 4.00. The molecule has 0 aromatic carbocycles. The van der Waals surface area contributed by atoms with Gasteiger partial charge < -0.3 is 14.9 Å². The van der Waals surface area contributed by atoms with E-state index in [2.05, 4.69) is 0 Å². The zero-order chi connectivity index (χ0) is 16.5. The molecule has 0 saturated carbocycles. The summed E-state index contributed by atoms with van der Waals surface area (Å²) in [6.45, 7) is -1.42. The second-order valence-electron chi connectivity index (χ2n) is 5.67. The SMILES string of the molecule is O=C(O)[C@H]1CCCCN1C(=O)C1CC(=O)N(CC(F)(F)F)C1. The van der Waals surface area contributed by atoms with Crippen molar-refractivity contribution >= 4 is 17.8 Å². The third kappa shape index (κ3) is 3.69. The number of alkyl halides is 3. The van der Waals surface area contributed by atoms with Gasteiger partial charge in [-0.3, -0.25) is 9.59 Å². The van der Waals surface area contributed by atoms with Crippen LogP contribution in [0.3, 0.4) is 0 Å². The molecule has 2 heterocycles. The van der Waals surface area contributed by atoms with Crippen molar-refractivity contribution in [3.63, 3.8) is 0 Å². The Balaban J connectivity index is 2.04. The molecular formula is C13H17F3N2O4. The van der Waals surface area contributed by atoms with Gasteiger partial charge in [-0.2, -0.15) is 13.2 Å². The Morgan fingerprint density at radius 3 is 2.55 bits per heavy atom. The topological polar surface area (TPSA) is 77.9 Å². The van der Waals surface area contributed by atoms with Crippen molar-refractivity contribution in [2.45, 2.75) is 37.9 Å². The van der Waals surface area contributed by atoms with Gasteiger partial charge in [0, 0.05) is 19.5 Å². The fourth-order valence-electron chi connectivity index (χ4n) is 2.99. The lowest BCUT2D eigenvalue weighted by atomic mass is 9.98. The van der Waals surface area contributed by atoms with E-state index in [-0.39, 0.29) is 19.5 Å². The van der Waals surface area contributed by atoms with E-state index in [4.69, 9.17) is 5.11 Å². The number of carbonyl (C=O) groups is 3. The standard InChI is InChI=1S/C13H17F3N2O4/c14-13(15,16)7-17-6-8(5-10(17)19)11(20)18-4-2-1-3-9(18)12(21)22/h8-9H,1-7H2,(H,21,22)/t8?,9-/m1/s1. The van der Waals surface area contributed by atoms with Crippen LogP contribution in [0.25, 0.3) is 0 Å². The molecule has 9 heteroatoms. The Hall–Kier alpha value is -1.80. The highest BCUT2D eigenvalue weighted by Gasteiger charge is 2.43. The van der Waals surface area contributed by atoms with Crippen LogP contribution in [-0.2, 0) is 14.4 Å². The largest absolute Gasteiger partial charge is 0.480 e. The number of carboxylic acid groups (broad SMARTS) is 1. The van der Waals surface area contributed by atoms with Crippen LogP contribution >= 0.6 is 0 Å². The van der Waals surface area contributed by atoms with Gasteiger partial charge in [-0.25, -0.2) is 4.79 Å². The van der Waals surface area contributed by atoms with Crippen molar-refractivity contribution in [2.75, 3.05) is 19.6 Å². The Bertz CT molecular complexity index is 480. The van der Waals surface area contributed by atoms with E-state index in [9.17, 15) is 27.6 Å². The second kappa shape index (κ2) is 6.13. The third-order valence-corrected chi connectivity index (χ3v) is 4.00. The Morgan fingerprint density at radius 2 is 1.95 bits per heavy atom. The van der Waals surface area contributed by atoms with E-state index in [0.717, 1.165) is 0 Å². The minimum atomic E-state index is -4.51. The summed E-state index contributed by atoms with van der Waals surface area (Å²) in [7, 11) is 0. The molecule has 22 heavy (non-hydrogen) atoms. The first-order valence-corrected chi connectivity index (χ1v) is 7.07. The van der Waals surface area contributed by atoms with Crippen molar-refractivity contribution in [1.29, 1.82) is 0 Å². The smallest absolute Gasteiger partial charge is 0.406 e. The number of nitrogens with zero attached hydrogens (tertiary/aromatic N) is 2. The number of aliphatic carboxylic acids is 1. The lowest BCUT2D eigenvalue weighted by Crippen LogP contribution is -2.50. The molecule has 2 aliphatic rings. The van der Waals surface area contributed by atoms with Crippen molar-refractivity contribution in [2.24, 2.45) is 5.92 Å². The van der Waals surface area contributed by atoms with E-state index in [1.54, 1.807) is 0 Å². The van der Waals surface area contributed by atoms with Crippen LogP contribution in [-0.4, -0.2) is 64.5 Å². The first kappa shape index (κ1) is 16.6. The van der Waals surface area contributed by atoms with Gasteiger partial charge >= 0.3 is 12.1 Å². The molecule has 2 aliphatic heterocycles. The van der Waals surface area contributed by atoms with E-state index in [1.807, 2.05) is 0 Å². The number of piperidine rings is 1. The molecule has 1 N–H and O–H groups in total. The molecule has 0 bridgehead atoms. The predicted octanol–water partition coefficient (Wildman–Crippen LogP) is 0.863. The summed E-state index contributed by atoms with van der Waals surface area (Å²) in [5.74, 6) is -3.27. The molecule has 6 nitrogen and oxygen atoms in total. The maximum Gasteiger partial charge on any atom is 0.406 e. The lowest BCUT2D eigenvalue weighted by Gasteiger charge is -2.34. The monoisotopic (exact) mass is 322 g/mol. The van der Waals surface area contributed by atoms with E-state index in [0.29, 0.717) is 24.2 Å². The molecule has 1 unspecified atom stereocenters. The van der Waals surface area contributed by atoms with Crippen LogP contribution < -0.4 is 0 Å². The maximum atomic E-state index is 12.4. The minimum Gasteiger partial charge on any atom is -0.480 e. The number of hydrogen-bond donors (Lipinski definition) is 1. The average Bonchev–Trinajstić information content (AvgIpc) is 2.77. The average molecular weight is 322 g/mol. The van der Waals surface area contributed by atoms with Crippen molar-refractivity contribution in [3.8, 4) is 0 Å².